The molecule has 6 nitrogen and oxygen atoms in total. The summed E-state index contributed by atoms with van der Waals surface area (Å²) in [6.45, 7) is 2.09. The number of hydrogen-bond acceptors (Lipinski definition) is 4. The van der Waals surface area contributed by atoms with E-state index in [9.17, 15) is 4.79 Å². The maximum Gasteiger partial charge on any atom is 0.618 e. The van der Waals surface area contributed by atoms with E-state index >= 15 is 0 Å². The number of nitrogens with two attached hydrogens (primary N) is 1. The second-order valence-electron chi connectivity index (χ2n) is 4.95. The van der Waals surface area contributed by atoms with Gasteiger partial charge in [-0.3, -0.25) is 14.1 Å². The van der Waals surface area contributed by atoms with Gasteiger partial charge in [-0.25, -0.2) is 0 Å². The van der Waals surface area contributed by atoms with Crippen LogP contribution in [0.1, 0.15) is 22.8 Å². The van der Waals surface area contributed by atoms with Crippen molar-refractivity contribution < 1.29 is 9.22 Å². The minimum atomic E-state index is -0.522. The summed E-state index contributed by atoms with van der Waals surface area (Å²) in [4.78, 5) is 16.0. The van der Waals surface area contributed by atoms with Gasteiger partial charge >= 0.3 is 5.97 Å². The molecule has 0 aliphatic heterocycles. The molecule has 0 bridgehead atoms. The van der Waals surface area contributed by atoms with Gasteiger partial charge in [0.25, 0.3) is 0 Å². The zero-order chi connectivity index (χ0) is 16.4. The lowest BCUT2D eigenvalue weighted by molar-refractivity contribution is -0.339. The van der Waals surface area contributed by atoms with Gasteiger partial charge in [0.1, 0.15) is 0 Å². The van der Waals surface area contributed by atoms with Gasteiger partial charge < -0.3 is 5.73 Å². The van der Waals surface area contributed by atoms with E-state index in [-0.39, 0.29) is 11.4 Å². The highest BCUT2D eigenvalue weighted by Crippen LogP contribution is 2.19. The van der Waals surface area contributed by atoms with Crippen LogP contribution in [-0.4, -0.2) is 27.0 Å². The fourth-order valence-corrected chi connectivity index (χ4v) is 2.45. The Morgan fingerprint density at radius 1 is 1.43 bits per heavy atom. The van der Waals surface area contributed by atoms with Crippen molar-refractivity contribution in [2.75, 3.05) is 5.73 Å². The molecule has 1 aromatic carbocycles. The Morgan fingerprint density at radius 2 is 2.26 bits per heavy atom. The third kappa shape index (κ3) is 3.22. The molecule has 116 valence electrons. The number of anilines is 1. The average molecular weight is 330 g/mol. The first-order valence-electron chi connectivity index (χ1n) is 6.93. The van der Waals surface area contributed by atoms with Crippen LogP contribution in [0.4, 0.5) is 5.82 Å². The van der Waals surface area contributed by atoms with Crippen LogP contribution in [-0.2, 0) is 11.0 Å². The van der Waals surface area contributed by atoms with E-state index in [1.54, 1.807) is 24.0 Å². The van der Waals surface area contributed by atoms with Gasteiger partial charge in [0.2, 0.25) is 0 Å². The third-order valence-electron chi connectivity index (χ3n) is 3.29. The molecule has 2 heterocycles. The summed E-state index contributed by atoms with van der Waals surface area (Å²) in [5.41, 5.74) is 7.86. The molecule has 0 amide bonds. The number of aromatic nitrogens is 3. The number of carbonyl (C=O) groups is 1. The molecular weight excluding hydrogens is 316 g/mol. The van der Waals surface area contributed by atoms with E-state index in [1.807, 2.05) is 24.3 Å². The van der Waals surface area contributed by atoms with E-state index in [1.165, 1.54) is 6.29 Å². The second kappa shape index (κ2) is 6.18. The van der Waals surface area contributed by atoms with Crippen LogP contribution in [0.2, 0.25) is 5.02 Å². The zero-order valence-electron chi connectivity index (χ0n) is 12.4. The van der Waals surface area contributed by atoms with Gasteiger partial charge in [-0.15, -0.1) is 0 Å². The number of benzene rings is 1. The molecule has 0 unspecified atom stereocenters. The lowest BCUT2D eigenvalue weighted by Crippen LogP contribution is -2.01. The lowest BCUT2D eigenvalue weighted by atomic mass is 10.1. The summed E-state index contributed by atoms with van der Waals surface area (Å²) in [7, 11) is 0. The molecule has 2 N–H and O–H groups in total. The second-order valence-corrected chi connectivity index (χ2v) is 5.38. The molecule has 0 aliphatic rings. The summed E-state index contributed by atoms with van der Waals surface area (Å²) in [5.74, 6) is -0.381. The van der Waals surface area contributed by atoms with Gasteiger partial charge in [-0.2, -0.15) is 5.10 Å². The molecule has 0 saturated heterocycles. The third-order valence-corrected chi connectivity index (χ3v) is 3.50. The molecule has 3 rings (SSSR count). The molecule has 23 heavy (non-hydrogen) atoms. The summed E-state index contributed by atoms with van der Waals surface area (Å²) >= 11 is 5.97. The first-order chi connectivity index (χ1) is 11.1. The molecule has 0 spiro atoms. The number of fused-ring (bicyclic) bond motifs is 1. The van der Waals surface area contributed by atoms with Crippen molar-refractivity contribution in [3.05, 3.63) is 52.8 Å². The topological polar surface area (TPSA) is 85.1 Å². The molecule has 0 fully saturated rings. The number of carbonyl (C=O) groups excluding carboxylic acids is 2. The maximum absolute atomic E-state index is 11.7. The van der Waals surface area contributed by atoms with Crippen molar-refractivity contribution in [3.63, 3.8) is 0 Å². The smallest absolute Gasteiger partial charge is 0.381 e. The minimum Gasteiger partial charge on any atom is -0.381 e. The molecule has 3 aromatic rings. The Hall–Kier alpha value is -2.73. The quantitative estimate of drug-likeness (QED) is 0.591. The Bertz CT molecular complexity index is 918. The van der Waals surface area contributed by atoms with Crippen LogP contribution in [0.5, 0.6) is 0 Å². The Labute approximate surface area is 137 Å². The predicted molar refractivity (Wildman–Crippen MR) is 88.6 cm³/mol. The van der Waals surface area contributed by atoms with Crippen molar-refractivity contribution in [1.82, 2.24) is 14.8 Å². The fraction of sp³-hybridized carbons (Fsp3) is 0.125. The SMILES string of the molecule is CC=[O+]C(=O)c1cn(Cc2ccc3ncc(Cl)cc3c2)nc1N. The normalized spacial score (nSPS) is 11.4. The molecule has 0 atom stereocenters. The van der Waals surface area contributed by atoms with E-state index in [4.69, 9.17) is 21.8 Å². The maximum atomic E-state index is 11.7. The largest absolute Gasteiger partial charge is 0.618 e. The van der Waals surface area contributed by atoms with Crippen molar-refractivity contribution in [3.8, 4) is 0 Å². The van der Waals surface area contributed by atoms with E-state index in [0.29, 0.717) is 11.6 Å². The highest BCUT2D eigenvalue weighted by Gasteiger charge is 2.24. The van der Waals surface area contributed by atoms with Crippen LogP contribution in [0.3, 0.4) is 0 Å². The van der Waals surface area contributed by atoms with Crippen LogP contribution in [0, 0.1) is 0 Å². The Morgan fingerprint density at radius 3 is 3.04 bits per heavy atom. The van der Waals surface area contributed by atoms with Gasteiger partial charge in [0, 0.05) is 24.7 Å². The number of nitrogen functional groups attached to an aromatic ring is 1. The molecular formula is C16H14ClN4O2+. The van der Waals surface area contributed by atoms with Gasteiger partial charge in [0.15, 0.2) is 17.7 Å². The molecule has 2 aromatic heterocycles. The zero-order valence-corrected chi connectivity index (χ0v) is 13.1. The predicted octanol–water partition coefficient (Wildman–Crippen LogP) is 2.61. The van der Waals surface area contributed by atoms with Crippen molar-refractivity contribution in [1.29, 1.82) is 0 Å². The summed E-state index contributed by atoms with van der Waals surface area (Å²) in [6, 6.07) is 7.68. The van der Waals surface area contributed by atoms with Crippen molar-refractivity contribution >= 4 is 40.6 Å². The minimum absolute atomic E-state index is 0.141. The van der Waals surface area contributed by atoms with Gasteiger partial charge in [0.05, 0.1) is 21.9 Å². The Balaban J connectivity index is 1.90. The monoisotopic (exact) mass is 329 g/mol. The standard InChI is InChI=1S/C16H14ClN4O2/c1-2-23-16(22)13-9-21(20-15(13)18)8-10-3-4-14-11(5-10)6-12(17)7-19-14/h2-7,9H,8H2,1H3,(H2,18,20)/q+1. The highest BCUT2D eigenvalue weighted by atomic mass is 35.5. The summed E-state index contributed by atoms with van der Waals surface area (Å²) in [6.07, 6.45) is 4.49. The fourth-order valence-electron chi connectivity index (χ4n) is 2.28. The number of aldehydes is 1. The first-order valence-corrected chi connectivity index (χ1v) is 7.30. The van der Waals surface area contributed by atoms with Crippen LogP contribution < -0.4 is 5.73 Å². The average Bonchev–Trinajstić information content (AvgIpc) is 2.87. The number of halogens is 1. The van der Waals surface area contributed by atoms with Gasteiger partial charge in [-0.05, 0) is 23.8 Å². The van der Waals surface area contributed by atoms with Crippen LogP contribution in [0.25, 0.3) is 10.9 Å². The van der Waals surface area contributed by atoms with E-state index < -0.39 is 5.97 Å². The molecule has 0 aliphatic carbocycles. The van der Waals surface area contributed by atoms with Crippen LogP contribution in [0.15, 0.2) is 36.7 Å². The summed E-state index contributed by atoms with van der Waals surface area (Å²) in [5, 5.41) is 5.67. The highest BCUT2D eigenvalue weighted by molar-refractivity contribution is 6.31. The Kier molecular flexibility index (Phi) is 4.08. The number of pyridine rings is 1. The molecule has 0 radical (unpaired) electrons. The first kappa shape index (κ1) is 15.2. The number of rotatable bonds is 3. The van der Waals surface area contributed by atoms with Crippen molar-refractivity contribution in [2.45, 2.75) is 13.5 Å². The molecule has 0 saturated carbocycles. The van der Waals surface area contributed by atoms with Gasteiger partial charge in [-0.1, -0.05) is 17.7 Å². The van der Waals surface area contributed by atoms with E-state index in [0.717, 1.165) is 16.5 Å². The summed E-state index contributed by atoms with van der Waals surface area (Å²) < 4.78 is 6.42. The lowest BCUT2D eigenvalue weighted by Gasteiger charge is -2.04. The number of nitrogens with zero attached hydrogens (tertiary/aromatic N) is 3. The van der Waals surface area contributed by atoms with Crippen LogP contribution >= 0.6 is 11.6 Å². The molecule has 7 heteroatoms. The number of hydrogen-bond donors (Lipinski definition) is 1. The van der Waals surface area contributed by atoms with Crippen molar-refractivity contribution in [2.24, 2.45) is 0 Å². The van der Waals surface area contributed by atoms with E-state index in [2.05, 4.69) is 10.1 Å².